The molecule has 0 saturated heterocycles. The maximum absolute atomic E-state index is 13.7. The largest absolute Gasteiger partial charge is 0.493 e. The zero-order valence-corrected chi connectivity index (χ0v) is 15.6. The Hall–Kier alpha value is -1.98. The Bertz CT molecular complexity index is 783. The number of hydrogen-bond acceptors (Lipinski definition) is 3. The van der Waals surface area contributed by atoms with Gasteiger partial charge in [-0.2, -0.15) is 0 Å². The van der Waals surface area contributed by atoms with Crippen LogP contribution in [0.4, 0.5) is 4.39 Å². The maximum Gasteiger partial charge on any atom is 0.255 e. The van der Waals surface area contributed by atoms with E-state index in [2.05, 4.69) is 0 Å². The first kappa shape index (κ1) is 19.3. The zero-order chi connectivity index (χ0) is 18.6. The molecule has 0 radical (unpaired) electrons. The van der Waals surface area contributed by atoms with Crippen molar-refractivity contribution in [3.63, 3.8) is 0 Å². The van der Waals surface area contributed by atoms with Crippen LogP contribution in [-0.4, -0.2) is 31.6 Å². The molecule has 0 heterocycles. The number of rotatable bonds is 6. The Balaban J connectivity index is 2.28. The number of hydrogen-bond donors (Lipinski definition) is 0. The van der Waals surface area contributed by atoms with Gasteiger partial charge in [0.2, 0.25) is 0 Å². The highest BCUT2D eigenvalue weighted by molar-refractivity contribution is 6.36. The van der Waals surface area contributed by atoms with E-state index < -0.39 is 5.82 Å². The molecular weight excluding hydrogens is 368 g/mol. The molecule has 7 heteroatoms. The van der Waals surface area contributed by atoms with Crippen LogP contribution in [0.3, 0.4) is 0 Å². The second-order valence-electron chi connectivity index (χ2n) is 5.25. The lowest BCUT2D eigenvalue weighted by Crippen LogP contribution is -2.30. The quantitative estimate of drug-likeness (QED) is 0.669. The molecule has 2 aromatic rings. The van der Waals surface area contributed by atoms with Gasteiger partial charge in [0.15, 0.2) is 11.5 Å². The molecule has 0 N–H and O–H groups in total. The lowest BCUT2D eigenvalue weighted by molar-refractivity contribution is 0.0752. The van der Waals surface area contributed by atoms with Gasteiger partial charge in [-0.05, 0) is 36.8 Å². The molecule has 0 fully saturated rings. The van der Waals surface area contributed by atoms with Crippen LogP contribution in [0, 0.1) is 5.82 Å². The third-order valence-electron chi connectivity index (χ3n) is 3.73. The van der Waals surface area contributed by atoms with E-state index >= 15 is 0 Å². The van der Waals surface area contributed by atoms with Crippen LogP contribution in [-0.2, 0) is 6.54 Å². The van der Waals surface area contributed by atoms with Crippen molar-refractivity contribution < 1.29 is 18.7 Å². The van der Waals surface area contributed by atoms with Crippen molar-refractivity contribution >= 4 is 29.1 Å². The SMILES string of the molecule is CCN(Cc1ccc(OC)c(OC)c1)C(=O)c1cc(F)c(Cl)cc1Cl. The van der Waals surface area contributed by atoms with Gasteiger partial charge in [-0.25, -0.2) is 4.39 Å². The topological polar surface area (TPSA) is 38.8 Å². The second kappa shape index (κ2) is 8.41. The van der Waals surface area contributed by atoms with E-state index in [1.54, 1.807) is 31.3 Å². The standard InChI is InChI=1S/C18H18Cl2FNO3/c1-4-22(10-11-5-6-16(24-2)17(7-11)25-3)18(23)12-8-15(21)14(20)9-13(12)19/h5-9H,4,10H2,1-3H3. The average Bonchev–Trinajstić information content (AvgIpc) is 2.61. The van der Waals surface area contributed by atoms with Gasteiger partial charge >= 0.3 is 0 Å². The van der Waals surface area contributed by atoms with Crippen LogP contribution in [0.1, 0.15) is 22.8 Å². The monoisotopic (exact) mass is 385 g/mol. The molecule has 0 aromatic heterocycles. The van der Waals surface area contributed by atoms with Gasteiger partial charge in [-0.15, -0.1) is 0 Å². The van der Waals surface area contributed by atoms with E-state index in [0.29, 0.717) is 24.6 Å². The molecule has 0 spiro atoms. The number of methoxy groups -OCH3 is 2. The Morgan fingerprint density at radius 2 is 1.76 bits per heavy atom. The zero-order valence-electron chi connectivity index (χ0n) is 14.1. The minimum atomic E-state index is -0.684. The van der Waals surface area contributed by atoms with E-state index in [9.17, 15) is 9.18 Å². The summed E-state index contributed by atoms with van der Waals surface area (Å²) in [5.41, 5.74) is 0.921. The molecule has 0 bridgehead atoms. The van der Waals surface area contributed by atoms with E-state index in [4.69, 9.17) is 32.7 Å². The first-order valence-electron chi connectivity index (χ1n) is 7.56. The van der Waals surface area contributed by atoms with Gasteiger partial charge in [0.1, 0.15) is 5.82 Å². The van der Waals surface area contributed by atoms with Crippen LogP contribution < -0.4 is 9.47 Å². The fraction of sp³-hybridized carbons (Fsp3) is 0.278. The normalized spacial score (nSPS) is 10.5. The van der Waals surface area contributed by atoms with Gasteiger partial charge < -0.3 is 14.4 Å². The van der Waals surface area contributed by atoms with Crippen LogP contribution in [0.5, 0.6) is 11.5 Å². The van der Waals surface area contributed by atoms with Crippen LogP contribution in [0.25, 0.3) is 0 Å². The van der Waals surface area contributed by atoms with Gasteiger partial charge in [0.25, 0.3) is 5.91 Å². The number of halogens is 3. The molecule has 0 aliphatic rings. The number of amides is 1. The van der Waals surface area contributed by atoms with E-state index in [0.717, 1.165) is 11.6 Å². The van der Waals surface area contributed by atoms with Crippen LogP contribution in [0.15, 0.2) is 30.3 Å². The molecule has 0 saturated carbocycles. The highest BCUT2D eigenvalue weighted by Crippen LogP contribution is 2.29. The molecule has 134 valence electrons. The minimum Gasteiger partial charge on any atom is -0.493 e. The average molecular weight is 386 g/mol. The molecule has 1 amide bonds. The summed E-state index contributed by atoms with van der Waals surface area (Å²) >= 11 is 11.7. The highest BCUT2D eigenvalue weighted by atomic mass is 35.5. The van der Waals surface area contributed by atoms with E-state index in [1.807, 2.05) is 13.0 Å². The van der Waals surface area contributed by atoms with Gasteiger partial charge in [-0.1, -0.05) is 29.3 Å². The van der Waals surface area contributed by atoms with Crippen molar-refractivity contribution in [1.82, 2.24) is 4.90 Å². The Morgan fingerprint density at radius 3 is 2.36 bits per heavy atom. The molecule has 0 aliphatic heterocycles. The third kappa shape index (κ3) is 4.35. The third-order valence-corrected chi connectivity index (χ3v) is 4.33. The van der Waals surface area contributed by atoms with E-state index in [-0.39, 0.29) is 21.5 Å². The van der Waals surface area contributed by atoms with Gasteiger partial charge in [0, 0.05) is 13.1 Å². The summed E-state index contributed by atoms with van der Waals surface area (Å²) in [6, 6.07) is 7.68. The lowest BCUT2D eigenvalue weighted by Gasteiger charge is -2.22. The fourth-order valence-corrected chi connectivity index (χ4v) is 2.85. The molecule has 25 heavy (non-hydrogen) atoms. The van der Waals surface area contributed by atoms with Crippen molar-refractivity contribution in [2.45, 2.75) is 13.5 Å². The Labute approximate surface area is 156 Å². The molecule has 0 unspecified atom stereocenters. The number of nitrogens with zero attached hydrogens (tertiary/aromatic N) is 1. The number of benzene rings is 2. The van der Waals surface area contributed by atoms with Gasteiger partial charge in [-0.3, -0.25) is 4.79 Å². The van der Waals surface area contributed by atoms with Gasteiger partial charge in [0.05, 0.1) is 29.8 Å². The summed E-state index contributed by atoms with van der Waals surface area (Å²) in [6.07, 6.45) is 0. The minimum absolute atomic E-state index is 0.0749. The highest BCUT2D eigenvalue weighted by Gasteiger charge is 2.20. The molecule has 0 atom stereocenters. The van der Waals surface area contributed by atoms with Crippen molar-refractivity contribution in [2.24, 2.45) is 0 Å². The summed E-state index contributed by atoms with van der Waals surface area (Å²) in [5, 5.41) is -0.00773. The Morgan fingerprint density at radius 1 is 1.08 bits per heavy atom. The van der Waals surface area contributed by atoms with E-state index in [1.165, 1.54) is 6.07 Å². The molecule has 2 rings (SSSR count). The smallest absolute Gasteiger partial charge is 0.255 e. The summed E-state index contributed by atoms with van der Waals surface area (Å²) in [7, 11) is 3.09. The maximum atomic E-state index is 13.7. The lowest BCUT2D eigenvalue weighted by atomic mass is 10.1. The van der Waals surface area contributed by atoms with Crippen LogP contribution in [0.2, 0.25) is 10.0 Å². The van der Waals surface area contributed by atoms with Crippen molar-refractivity contribution in [3.05, 3.63) is 57.3 Å². The first-order chi connectivity index (χ1) is 11.9. The number of carbonyl (C=O) groups is 1. The molecule has 0 aliphatic carbocycles. The summed E-state index contributed by atoms with van der Waals surface area (Å²) in [5.74, 6) is 0.108. The van der Waals surface area contributed by atoms with Crippen molar-refractivity contribution in [3.8, 4) is 11.5 Å². The predicted molar refractivity (Wildman–Crippen MR) is 96.4 cm³/mol. The molecule has 4 nitrogen and oxygen atoms in total. The summed E-state index contributed by atoms with van der Waals surface area (Å²) < 4.78 is 24.2. The molecular formula is C18H18Cl2FNO3. The first-order valence-corrected chi connectivity index (χ1v) is 8.31. The summed E-state index contributed by atoms with van der Waals surface area (Å²) in [4.78, 5) is 14.3. The fourth-order valence-electron chi connectivity index (χ4n) is 2.38. The summed E-state index contributed by atoms with van der Waals surface area (Å²) in [6.45, 7) is 2.57. The molecule has 2 aromatic carbocycles. The van der Waals surface area contributed by atoms with Crippen LogP contribution >= 0.6 is 23.2 Å². The Kier molecular flexibility index (Phi) is 6.51. The second-order valence-corrected chi connectivity index (χ2v) is 6.07. The van der Waals surface area contributed by atoms with Crippen molar-refractivity contribution in [2.75, 3.05) is 20.8 Å². The number of carbonyl (C=O) groups excluding carboxylic acids is 1. The number of ether oxygens (including phenoxy) is 2. The predicted octanol–water partition coefficient (Wildman–Crippen LogP) is 4.81. The van der Waals surface area contributed by atoms with Crippen molar-refractivity contribution in [1.29, 1.82) is 0 Å².